The lowest BCUT2D eigenvalue weighted by Crippen LogP contribution is -2.15. The molecule has 0 fully saturated rings. The largest absolute Gasteiger partial charge is 0.459 e. The summed E-state index contributed by atoms with van der Waals surface area (Å²) in [4.78, 5) is 0. The molecule has 0 aromatic heterocycles. The van der Waals surface area contributed by atoms with Crippen molar-refractivity contribution >= 4 is 15.9 Å². The summed E-state index contributed by atoms with van der Waals surface area (Å²) < 4.78 is 29.2. The number of rotatable bonds is 2. The molecule has 84 valence electrons. The Morgan fingerprint density at radius 3 is 1.87 bits per heavy atom. The Bertz CT molecular complexity index is 322. The Balaban J connectivity index is 2.82. The molecule has 0 radical (unpaired) electrons. The molecule has 0 bridgehead atoms. The van der Waals surface area contributed by atoms with Crippen molar-refractivity contribution in [2.75, 3.05) is 0 Å². The highest BCUT2D eigenvalue weighted by Gasteiger charge is 2.26. The van der Waals surface area contributed by atoms with E-state index in [1.807, 2.05) is 0 Å². The lowest BCUT2D eigenvalue weighted by molar-refractivity contribution is -0.0803. The van der Waals surface area contributed by atoms with Gasteiger partial charge in [0.25, 0.3) is 0 Å². The van der Waals surface area contributed by atoms with E-state index in [2.05, 4.69) is 41.4 Å². The van der Waals surface area contributed by atoms with Gasteiger partial charge in [-0.15, -0.1) is 0 Å². The Kier molecular flexibility index (Phi) is 3.38. The molecule has 15 heavy (non-hydrogen) atoms. The summed E-state index contributed by atoms with van der Waals surface area (Å²) in [5.74, 6) is 0.143. The third-order valence-electron chi connectivity index (χ3n) is 1.95. The monoisotopic (exact) mass is 278 g/mol. The Labute approximate surface area is 96.6 Å². The summed E-state index contributed by atoms with van der Waals surface area (Å²) in [6.45, 7) is 6.17. The number of benzene rings is 1. The second kappa shape index (κ2) is 4.08. The Hall–Kier alpha value is -0.640. The second-order valence-electron chi connectivity index (χ2n) is 4.32. The fourth-order valence-corrected chi connectivity index (χ4v) is 1.34. The van der Waals surface area contributed by atoms with Gasteiger partial charge in [0.2, 0.25) is 0 Å². The molecule has 0 atom stereocenters. The molecule has 4 heteroatoms. The number of hydrogen-bond donors (Lipinski definition) is 0. The number of ether oxygens (including phenoxy) is 1. The predicted molar refractivity (Wildman–Crippen MR) is 59.6 cm³/mol. The fraction of sp³-hybridized carbons (Fsp3) is 0.455. The highest BCUT2D eigenvalue weighted by atomic mass is 79.9. The van der Waals surface area contributed by atoms with Crippen LogP contribution < -0.4 is 4.74 Å². The van der Waals surface area contributed by atoms with E-state index in [4.69, 9.17) is 0 Å². The van der Waals surface area contributed by atoms with E-state index < -0.39 is 5.02 Å². The van der Waals surface area contributed by atoms with Crippen molar-refractivity contribution in [3.05, 3.63) is 29.8 Å². The van der Waals surface area contributed by atoms with Gasteiger partial charge in [0.05, 0.1) is 0 Å². The van der Waals surface area contributed by atoms with Crippen LogP contribution in [0.3, 0.4) is 0 Å². The van der Waals surface area contributed by atoms with Gasteiger partial charge < -0.3 is 4.74 Å². The van der Waals surface area contributed by atoms with Crippen molar-refractivity contribution in [3.63, 3.8) is 0 Å². The van der Waals surface area contributed by atoms with Crippen LogP contribution in [-0.4, -0.2) is 5.02 Å². The maximum absolute atomic E-state index is 12.4. The van der Waals surface area contributed by atoms with Crippen LogP contribution >= 0.6 is 15.9 Å². The number of halogens is 3. The highest BCUT2D eigenvalue weighted by Crippen LogP contribution is 2.29. The Morgan fingerprint density at radius 1 is 1.07 bits per heavy atom. The summed E-state index contributed by atoms with van der Waals surface area (Å²) in [5, 5.41) is -3.31. The van der Waals surface area contributed by atoms with Gasteiger partial charge in [-0.2, -0.15) is 8.78 Å². The minimum Gasteiger partial charge on any atom is -0.424 e. The summed E-state index contributed by atoms with van der Waals surface area (Å²) in [7, 11) is 0. The van der Waals surface area contributed by atoms with Gasteiger partial charge in [-0.25, -0.2) is 0 Å². The molecule has 0 N–H and O–H groups in total. The molecule has 0 aliphatic carbocycles. The summed E-state index contributed by atoms with van der Waals surface area (Å²) >= 11 is 2.12. The third-order valence-corrected chi connectivity index (χ3v) is 2.12. The smallest absolute Gasteiger partial charge is 0.424 e. The highest BCUT2D eigenvalue weighted by molar-refractivity contribution is 9.09. The minimum atomic E-state index is -3.31. The first-order valence-electron chi connectivity index (χ1n) is 4.55. The van der Waals surface area contributed by atoms with E-state index in [0.29, 0.717) is 0 Å². The molecule has 0 heterocycles. The molecular weight excluding hydrogens is 266 g/mol. The van der Waals surface area contributed by atoms with Crippen LogP contribution in [0.1, 0.15) is 26.3 Å². The van der Waals surface area contributed by atoms with Crippen LogP contribution in [0, 0.1) is 0 Å². The second-order valence-corrected chi connectivity index (χ2v) is 5.25. The first-order chi connectivity index (χ1) is 6.68. The molecule has 1 aromatic carbocycles. The topological polar surface area (TPSA) is 9.23 Å². The summed E-state index contributed by atoms with van der Waals surface area (Å²) in [5.41, 5.74) is 1.09. The van der Waals surface area contributed by atoms with Gasteiger partial charge in [0, 0.05) is 15.9 Å². The van der Waals surface area contributed by atoms with Crippen molar-refractivity contribution in [1.82, 2.24) is 0 Å². The molecular formula is C11H13BrF2O. The zero-order valence-electron chi connectivity index (χ0n) is 8.85. The van der Waals surface area contributed by atoms with E-state index in [0.717, 1.165) is 5.56 Å². The fourth-order valence-electron chi connectivity index (χ4n) is 1.16. The molecule has 0 saturated carbocycles. The molecule has 0 aliphatic heterocycles. The average molecular weight is 279 g/mol. The first kappa shape index (κ1) is 12.4. The van der Waals surface area contributed by atoms with Crippen LogP contribution in [-0.2, 0) is 5.41 Å². The van der Waals surface area contributed by atoms with Crippen molar-refractivity contribution < 1.29 is 13.5 Å². The van der Waals surface area contributed by atoms with Gasteiger partial charge in [0.1, 0.15) is 5.75 Å². The molecule has 1 aromatic rings. The predicted octanol–water partition coefficient (Wildman–Crippen LogP) is 4.31. The van der Waals surface area contributed by atoms with Crippen LogP contribution in [0.25, 0.3) is 0 Å². The van der Waals surface area contributed by atoms with E-state index in [1.54, 1.807) is 12.1 Å². The average Bonchev–Trinajstić information content (AvgIpc) is 2.00. The number of hydrogen-bond acceptors (Lipinski definition) is 1. The molecule has 0 saturated heterocycles. The molecule has 1 rings (SSSR count). The van der Waals surface area contributed by atoms with Crippen LogP contribution in [0.15, 0.2) is 24.3 Å². The number of alkyl halides is 3. The molecule has 1 nitrogen and oxygen atoms in total. The maximum Gasteiger partial charge on any atom is 0.459 e. The van der Waals surface area contributed by atoms with Crippen molar-refractivity contribution in [2.24, 2.45) is 0 Å². The molecule has 0 spiro atoms. The Morgan fingerprint density at radius 2 is 1.53 bits per heavy atom. The summed E-state index contributed by atoms with van der Waals surface area (Å²) in [6.07, 6.45) is 0. The van der Waals surface area contributed by atoms with Gasteiger partial charge >= 0.3 is 5.02 Å². The van der Waals surface area contributed by atoms with Crippen LogP contribution in [0.4, 0.5) is 8.78 Å². The SMILES string of the molecule is CC(C)(C)c1ccc(OC(F)(F)Br)cc1. The normalized spacial score (nSPS) is 12.7. The zero-order chi connectivity index (χ0) is 11.7. The lowest BCUT2D eigenvalue weighted by atomic mass is 9.87. The molecule has 0 unspecified atom stereocenters. The van der Waals surface area contributed by atoms with Gasteiger partial charge in [0.15, 0.2) is 0 Å². The maximum atomic E-state index is 12.4. The van der Waals surface area contributed by atoms with E-state index in [-0.39, 0.29) is 11.2 Å². The van der Waals surface area contributed by atoms with Gasteiger partial charge in [-0.3, -0.25) is 0 Å². The van der Waals surface area contributed by atoms with Gasteiger partial charge in [-0.1, -0.05) is 32.9 Å². The lowest BCUT2D eigenvalue weighted by Gasteiger charge is -2.19. The molecule has 0 amide bonds. The first-order valence-corrected chi connectivity index (χ1v) is 5.34. The van der Waals surface area contributed by atoms with E-state index >= 15 is 0 Å². The quantitative estimate of drug-likeness (QED) is 0.733. The zero-order valence-corrected chi connectivity index (χ0v) is 10.4. The van der Waals surface area contributed by atoms with Crippen LogP contribution in [0.5, 0.6) is 5.75 Å². The van der Waals surface area contributed by atoms with Gasteiger partial charge in [-0.05, 0) is 23.1 Å². The van der Waals surface area contributed by atoms with Crippen molar-refractivity contribution in [1.29, 1.82) is 0 Å². The minimum absolute atomic E-state index is 0.00937. The third kappa shape index (κ3) is 4.16. The van der Waals surface area contributed by atoms with E-state index in [1.165, 1.54) is 12.1 Å². The standard InChI is InChI=1S/C11H13BrF2O/c1-10(2,3)8-4-6-9(7-5-8)15-11(12,13)14/h4-7H,1-3H3. The van der Waals surface area contributed by atoms with Crippen molar-refractivity contribution in [2.45, 2.75) is 31.2 Å². The molecule has 0 aliphatic rings. The summed E-state index contributed by atoms with van der Waals surface area (Å²) in [6, 6.07) is 6.65. The van der Waals surface area contributed by atoms with Crippen LogP contribution in [0.2, 0.25) is 0 Å². The van der Waals surface area contributed by atoms with Crippen molar-refractivity contribution in [3.8, 4) is 5.75 Å². The van der Waals surface area contributed by atoms with E-state index in [9.17, 15) is 8.78 Å².